The van der Waals surface area contributed by atoms with Crippen molar-refractivity contribution in [2.45, 2.75) is 13.8 Å². The Bertz CT molecular complexity index is 788. The van der Waals surface area contributed by atoms with Gasteiger partial charge in [-0.25, -0.2) is 9.78 Å². The minimum Gasteiger partial charge on any atom is -0.478 e. The van der Waals surface area contributed by atoms with Crippen LogP contribution in [0.3, 0.4) is 0 Å². The number of aromatic carboxylic acids is 1. The predicted octanol–water partition coefficient (Wildman–Crippen LogP) is 3.20. The normalized spacial score (nSPS) is 10.9. The molecule has 5 nitrogen and oxygen atoms in total. The van der Waals surface area contributed by atoms with Crippen LogP contribution in [0.4, 0.5) is 0 Å². The number of carboxylic acid groups (broad SMARTS) is 1. The maximum atomic E-state index is 11.5. The van der Waals surface area contributed by atoms with Crippen LogP contribution in [0.2, 0.25) is 0 Å². The fraction of sp³-hybridized carbons (Fsp3) is 0.133. The summed E-state index contributed by atoms with van der Waals surface area (Å²) in [5.74, 6) is -0.700. The molecule has 0 aliphatic heterocycles. The first kappa shape index (κ1) is 12.3. The number of carbonyl (C=O) groups is 1. The van der Waals surface area contributed by atoms with Crippen LogP contribution in [0, 0.1) is 13.8 Å². The van der Waals surface area contributed by atoms with Crippen LogP contribution in [0.5, 0.6) is 0 Å². The molecule has 20 heavy (non-hydrogen) atoms. The molecule has 0 aliphatic carbocycles. The molecule has 0 bridgehead atoms. The third kappa shape index (κ3) is 1.84. The van der Waals surface area contributed by atoms with Gasteiger partial charge in [0.25, 0.3) is 0 Å². The molecular weight excluding hydrogens is 256 g/mol. The van der Waals surface area contributed by atoms with Crippen LogP contribution in [0.1, 0.15) is 21.5 Å². The number of aryl methyl sites for hydroxylation is 2. The largest absolute Gasteiger partial charge is 0.478 e. The lowest BCUT2D eigenvalue weighted by atomic mass is 9.97. The Labute approximate surface area is 114 Å². The first-order valence-corrected chi connectivity index (χ1v) is 6.13. The molecule has 0 saturated heterocycles. The Kier molecular flexibility index (Phi) is 2.75. The molecule has 0 atom stereocenters. The molecule has 0 amide bonds. The van der Waals surface area contributed by atoms with Gasteiger partial charge in [-0.3, -0.25) is 0 Å². The number of oxazole rings is 1. The lowest BCUT2D eigenvalue weighted by Crippen LogP contribution is -2.04. The summed E-state index contributed by atoms with van der Waals surface area (Å²) in [6, 6.07) is 7.14. The molecule has 3 rings (SSSR count). The highest BCUT2D eigenvalue weighted by atomic mass is 16.4. The molecule has 5 heteroatoms. The van der Waals surface area contributed by atoms with Crippen molar-refractivity contribution in [2.24, 2.45) is 0 Å². The van der Waals surface area contributed by atoms with E-state index in [1.165, 1.54) is 0 Å². The topological polar surface area (TPSA) is 76.2 Å². The molecule has 0 unspecified atom stereocenters. The second-order valence-corrected chi connectivity index (χ2v) is 4.60. The lowest BCUT2D eigenvalue weighted by molar-refractivity contribution is 0.0696. The minimum absolute atomic E-state index is 0.219. The van der Waals surface area contributed by atoms with Crippen LogP contribution in [-0.4, -0.2) is 21.0 Å². The smallest absolute Gasteiger partial charge is 0.336 e. The zero-order chi connectivity index (χ0) is 14.3. The van der Waals surface area contributed by atoms with Crippen molar-refractivity contribution in [2.75, 3.05) is 0 Å². The molecule has 0 radical (unpaired) electrons. The molecule has 2 heterocycles. The third-order valence-electron chi connectivity index (χ3n) is 3.21. The molecular formula is C15H12N2O3. The fourth-order valence-corrected chi connectivity index (χ4v) is 2.24. The lowest BCUT2D eigenvalue weighted by Gasteiger charge is -2.08. The number of hydrogen-bond acceptors (Lipinski definition) is 4. The van der Waals surface area contributed by atoms with Crippen LogP contribution in [-0.2, 0) is 0 Å². The molecule has 1 aromatic carbocycles. The number of benzene rings is 1. The highest BCUT2D eigenvalue weighted by Crippen LogP contribution is 2.31. The van der Waals surface area contributed by atoms with E-state index in [9.17, 15) is 9.90 Å². The Morgan fingerprint density at radius 2 is 1.95 bits per heavy atom. The summed E-state index contributed by atoms with van der Waals surface area (Å²) in [7, 11) is 0. The maximum Gasteiger partial charge on any atom is 0.336 e. The van der Waals surface area contributed by atoms with Gasteiger partial charge >= 0.3 is 5.97 Å². The fourth-order valence-electron chi connectivity index (χ4n) is 2.24. The van der Waals surface area contributed by atoms with Gasteiger partial charge in [0.2, 0.25) is 5.89 Å². The van der Waals surface area contributed by atoms with Gasteiger partial charge in [0.05, 0.1) is 11.1 Å². The zero-order valence-corrected chi connectivity index (χ0v) is 11.0. The van der Waals surface area contributed by atoms with Crippen molar-refractivity contribution in [3.05, 3.63) is 47.2 Å². The molecule has 0 saturated carbocycles. The van der Waals surface area contributed by atoms with Gasteiger partial charge in [-0.2, -0.15) is 4.98 Å². The predicted molar refractivity (Wildman–Crippen MR) is 73.7 cm³/mol. The van der Waals surface area contributed by atoms with Crippen LogP contribution < -0.4 is 0 Å². The van der Waals surface area contributed by atoms with E-state index in [1.807, 2.05) is 13.0 Å². The third-order valence-corrected chi connectivity index (χ3v) is 3.21. The molecule has 3 aromatic rings. The summed E-state index contributed by atoms with van der Waals surface area (Å²) < 4.78 is 5.64. The zero-order valence-electron chi connectivity index (χ0n) is 11.0. The van der Waals surface area contributed by atoms with E-state index < -0.39 is 5.97 Å². The van der Waals surface area contributed by atoms with Gasteiger partial charge in [-0.15, -0.1) is 0 Å². The number of fused-ring (bicyclic) bond motifs is 1. The standard InChI is InChI=1S/C15H12N2O3/c1-8-5-6-9(2)12(15(18)19)11(8)14-17-13-10(20-14)4-3-7-16-13/h3-7H,1-2H3,(H,18,19). The first-order chi connectivity index (χ1) is 9.58. The van der Waals surface area contributed by atoms with Gasteiger partial charge in [-0.1, -0.05) is 12.1 Å². The second-order valence-electron chi connectivity index (χ2n) is 4.60. The summed E-state index contributed by atoms with van der Waals surface area (Å²) in [6.07, 6.45) is 1.62. The minimum atomic E-state index is -0.989. The van der Waals surface area contributed by atoms with Crippen LogP contribution in [0.25, 0.3) is 22.7 Å². The molecule has 1 N–H and O–H groups in total. The maximum absolute atomic E-state index is 11.5. The first-order valence-electron chi connectivity index (χ1n) is 6.13. The monoisotopic (exact) mass is 268 g/mol. The molecule has 100 valence electrons. The van der Waals surface area contributed by atoms with Crippen molar-refractivity contribution in [1.82, 2.24) is 9.97 Å². The van der Waals surface area contributed by atoms with Crippen LogP contribution >= 0.6 is 0 Å². The van der Waals surface area contributed by atoms with Crippen molar-refractivity contribution in [3.8, 4) is 11.5 Å². The summed E-state index contributed by atoms with van der Waals surface area (Å²) in [5.41, 5.74) is 3.22. The van der Waals surface area contributed by atoms with E-state index in [0.29, 0.717) is 22.4 Å². The SMILES string of the molecule is Cc1ccc(C)c(-c2nc3ncccc3o2)c1C(=O)O. The highest BCUT2D eigenvalue weighted by molar-refractivity contribution is 5.97. The average Bonchev–Trinajstić information content (AvgIpc) is 2.83. The molecule has 0 fully saturated rings. The van der Waals surface area contributed by atoms with Gasteiger partial charge in [0.1, 0.15) is 0 Å². The molecule has 0 spiro atoms. The summed E-state index contributed by atoms with van der Waals surface area (Å²) in [5, 5.41) is 9.42. The number of rotatable bonds is 2. The summed E-state index contributed by atoms with van der Waals surface area (Å²) in [4.78, 5) is 19.9. The van der Waals surface area contributed by atoms with Crippen molar-refractivity contribution < 1.29 is 14.3 Å². The van der Waals surface area contributed by atoms with E-state index in [2.05, 4.69) is 9.97 Å². The average molecular weight is 268 g/mol. The summed E-state index contributed by atoms with van der Waals surface area (Å²) in [6.45, 7) is 3.59. The number of nitrogens with zero attached hydrogens (tertiary/aromatic N) is 2. The number of hydrogen-bond donors (Lipinski definition) is 1. The number of aromatic nitrogens is 2. The van der Waals surface area contributed by atoms with Gasteiger partial charge in [-0.05, 0) is 37.1 Å². The highest BCUT2D eigenvalue weighted by Gasteiger charge is 2.21. The van der Waals surface area contributed by atoms with Gasteiger partial charge in [0, 0.05) is 6.20 Å². The second kappa shape index (κ2) is 4.45. The van der Waals surface area contributed by atoms with Crippen molar-refractivity contribution in [3.63, 3.8) is 0 Å². The molecule has 2 aromatic heterocycles. The Morgan fingerprint density at radius 3 is 2.65 bits per heavy atom. The van der Waals surface area contributed by atoms with E-state index in [1.54, 1.807) is 31.3 Å². The Morgan fingerprint density at radius 1 is 1.20 bits per heavy atom. The van der Waals surface area contributed by atoms with E-state index in [4.69, 9.17) is 4.42 Å². The van der Waals surface area contributed by atoms with E-state index >= 15 is 0 Å². The molecule has 0 aliphatic rings. The quantitative estimate of drug-likeness (QED) is 0.772. The summed E-state index contributed by atoms with van der Waals surface area (Å²) >= 11 is 0. The van der Waals surface area contributed by atoms with Gasteiger partial charge in [0.15, 0.2) is 11.2 Å². The number of pyridine rings is 1. The van der Waals surface area contributed by atoms with Crippen LogP contribution in [0.15, 0.2) is 34.9 Å². The Balaban J connectivity index is 2.33. The Hall–Kier alpha value is -2.69. The van der Waals surface area contributed by atoms with Crippen molar-refractivity contribution >= 4 is 17.2 Å². The van der Waals surface area contributed by atoms with Gasteiger partial charge < -0.3 is 9.52 Å². The number of carboxylic acids is 1. The van der Waals surface area contributed by atoms with Crippen molar-refractivity contribution in [1.29, 1.82) is 0 Å². The van der Waals surface area contributed by atoms with E-state index in [-0.39, 0.29) is 11.5 Å². The van der Waals surface area contributed by atoms with E-state index in [0.717, 1.165) is 5.56 Å².